The van der Waals surface area contributed by atoms with Crippen LogP contribution in [0.2, 0.25) is 0 Å². The topological polar surface area (TPSA) is 73.2 Å². The van der Waals surface area contributed by atoms with Gasteiger partial charge in [-0.15, -0.1) is 0 Å². The number of thioether (sulfide) groups is 1. The van der Waals surface area contributed by atoms with Gasteiger partial charge < -0.3 is 10.1 Å². The Morgan fingerprint density at radius 2 is 1.82 bits per heavy atom. The minimum Gasteiger partial charge on any atom is -0.495 e. The molecule has 0 aliphatic carbocycles. The van der Waals surface area contributed by atoms with Gasteiger partial charge in [0.05, 0.1) is 23.7 Å². The molecule has 1 heterocycles. The van der Waals surface area contributed by atoms with Gasteiger partial charge in [-0.1, -0.05) is 41.6 Å². The Labute approximate surface area is 167 Å². The van der Waals surface area contributed by atoms with Crippen molar-refractivity contribution in [2.75, 3.05) is 12.4 Å². The summed E-state index contributed by atoms with van der Waals surface area (Å²) in [6.45, 7) is 3.77. The number of amides is 1. The molecule has 0 unspecified atom stereocenters. The molecule has 0 saturated carbocycles. The van der Waals surface area contributed by atoms with Gasteiger partial charge in [0, 0.05) is 6.07 Å². The van der Waals surface area contributed by atoms with Crippen LogP contribution in [0.15, 0.2) is 70.5 Å². The maximum absolute atomic E-state index is 12.6. The molecule has 1 atom stereocenters. The second kappa shape index (κ2) is 8.75. The lowest BCUT2D eigenvalue weighted by Gasteiger charge is -2.14. The highest BCUT2D eigenvalue weighted by Gasteiger charge is 2.17. The zero-order chi connectivity index (χ0) is 20.1. The molecule has 0 fully saturated rings. The van der Waals surface area contributed by atoms with Crippen molar-refractivity contribution in [3.8, 4) is 11.4 Å². The predicted molar refractivity (Wildman–Crippen MR) is 112 cm³/mol. The van der Waals surface area contributed by atoms with E-state index < -0.39 is 5.25 Å². The first kappa shape index (κ1) is 19.7. The highest BCUT2D eigenvalue weighted by Crippen LogP contribution is 2.26. The third kappa shape index (κ3) is 4.61. The van der Waals surface area contributed by atoms with Crippen LogP contribution in [0, 0.1) is 6.92 Å². The molecule has 144 valence electrons. The fraction of sp³-hybridized carbons (Fsp3) is 0.190. The minimum atomic E-state index is -0.415. The molecule has 28 heavy (non-hydrogen) atoms. The maximum Gasteiger partial charge on any atom is 0.271 e. The summed E-state index contributed by atoms with van der Waals surface area (Å²) < 4.78 is 6.60. The van der Waals surface area contributed by atoms with E-state index in [4.69, 9.17) is 4.74 Å². The van der Waals surface area contributed by atoms with Gasteiger partial charge in [0.1, 0.15) is 10.8 Å². The Morgan fingerprint density at radius 3 is 2.54 bits per heavy atom. The first-order valence-corrected chi connectivity index (χ1v) is 9.64. The molecule has 0 bridgehead atoms. The number of nitrogens with zero attached hydrogens (tertiary/aromatic N) is 2. The second-order valence-corrected chi connectivity index (χ2v) is 7.57. The molecule has 0 aliphatic heterocycles. The fourth-order valence-electron chi connectivity index (χ4n) is 2.55. The molecular weight excluding hydrogens is 374 g/mol. The summed E-state index contributed by atoms with van der Waals surface area (Å²) in [5, 5.41) is 7.43. The average Bonchev–Trinajstić information content (AvgIpc) is 2.70. The van der Waals surface area contributed by atoms with E-state index >= 15 is 0 Å². The van der Waals surface area contributed by atoms with Crippen molar-refractivity contribution >= 4 is 23.4 Å². The van der Waals surface area contributed by atoms with Crippen LogP contribution < -0.4 is 15.6 Å². The smallest absolute Gasteiger partial charge is 0.271 e. The van der Waals surface area contributed by atoms with Gasteiger partial charge in [0.2, 0.25) is 5.91 Å². The van der Waals surface area contributed by atoms with Crippen molar-refractivity contribution in [2.45, 2.75) is 24.1 Å². The van der Waals surface area contributed by atoms with Crippen LogP contribution >= 0.6 is 11.8 Å². The molecule has 3 rings (SSSR count). The summed E-state index contributed by atoms with van der Waals surface area (Å²) in [7, 11) is 1.56. The van der Waals surface area contributed by atoms with Crippen molar-refractivity contribution in [1.82, 2.24) is 9.78 Å². The lowest BCUT2D eigenvalue weighted by atomic mass is 10.2. The summed E-state index contributed by atoms with van der Waals surface area (Å²) >= 11 is 1.28. The number of carbonyl (C=O) groups is 1. The molecule has 2 aromatic carbocycles. The van der Waals surface area contributed by atoms with Crippen LogP contribution in [-0.2, 0) is 4.79 Å². The maximum atomic E-state index is 12.6. The Kier molecular flexibility index (Phi) is 6.16. The number of carbonyl (C=O) groups excluding carboxylic acids is 1. The number of rotatable bonds is 6. The molecule has 0 radical (unpaired) electrons. The van der Waals surface area contributed by atoms with E-state index in [2.05, 4.69) is 10.4 Å². The summed E-state index contributed by atoms with van der Waals surface area (Å²) in [5.41, 5.74) is 2.17. The van der Waals surface area contributed by atoms with Gasteiger partial charge in [-0.3, -0.25) is 9.59 Å². The monoisotopic (exact) mass is 395 g/mol. The lowest BCUT2D eigenvalue weighted by molar-refractivity contribution is -0.115. The van der Waals surface area contributed by atoms with E-state index in [1.807, 2.05) is 43.3 Å². The zero-order valence-corrected chi connectivity index (χ0v) is 16.7. The van der Waals surface area contributed by atoms with Crippen LogP contribution in [0.3, 0.4) is 0 Å². The Bertz CT molecular complexity index is 1030. The zero-order valence-electron chi connectivity index (χ0n) is 15.9. The van der Waals surface area contributed by atoms with Gasteiger partial charge in [0.25, 0.3) is 5.56 Å². The molecule has 7 heteroatoms. The lowest BCUT2D eigenvalue weighted by Crippen LogP contribution is -2.24. The van der Waals surface area contributed by atoms with Gasteiger partial charge in [-0.25, -0.2) is 0 Å². The van der Waals surface area contributed by atoms with E-state index in [1.165, 1.54) is 22.5 Å². The van der Waals surface area contributed by atoms with E-state index in [0.717, 1.165) is 5.56 Å². The number of methoxy groups -OCH3 is 1. The van der Waals surface area contributed by atoms with Crippen molar-refractivity contribution in [3.63, 3.8) is 0 Å². The van der Waals surface area contributed by atoms with Crippen LogP contribution in [-0.4, -0.2) is 28.0 Å². The summed E-state index contributed by atoms with van der Waals surface area (Å²) in [6.07, 6.45) is 0. The number of ether oxygens (including phenoxy) is 1. The van der Waals surface area contributed by atoms with Crippen LogP contribution in [0.4, 0.5) is 5.69 Å². The molecule has 0 spiro atoms. The number of hydrogen-bond acceptors (Lipinski definition) is 5. The van der Waals surface area contributed by atoms with E-state index in [9.17, 15) is 9.59 Å². The first-order valence-electron chi connectivity index (χ1n) is 8.76. The normalized spacial score (nSPS) is 11.7. The third-order valence-electron chi connectivity index (χ3n) is 4.09. The molecule has 0 saturated heterocycles. The van der Waals surface area contributed by atoms with Crippen LogP contribution in [0.1, 0.15) is 12.5 Å². The van der Waals surface area contributed by atoms with E-state index in [-0.39, 0.29) is 11.5 Å². The van der Waals surface area contributed by atoms with Crippen LogP contribution in [0.5, 0.6) is 5.75 Å². The molecule has 3 aromatic rings. The minimum absolute atomic E-state index is 0.176. The molecule has 1 amide bonds. The number of nitrogens with one attached hydrogen (secondary N) is 1. The number of aryl methyl sites for hydroxylation is 1. The second-order valence-electron chi connectivity index (χ2n) is 6.21. The predicted octanol–water partition coefficient (Wildman–Crippen LogP) is 3.67. The molecule has 1 N–H and O–H groups in total. The van der Waals surface area contributed by atoms with E-state index in [0.29, 0.717) is 22.2 Å². The third-order valence-corrected chi connectivity index (χ3v) is 5.11. The van der Waals surface area contributed by atoms with Crippen molar-refractivity contribution < 1.29 is 9.53 Å². The summed E-state index contributed by atoms with van der Waals surface area (Å²) in [4.78, 5) is 24.7. The van der Waals surface area contributed by atoms with E-state index in [1.54, 1.807) is 32.2 Å². The van der Waals surface area contributed by atoms with Gasteiger partial charge in [-0.2, -0.15) is 9.78 Å². The van der Waals surface area contributed by atoms with Crippen molar-refractivity contribution in [2.24, 2.45) is 0 Å². The number of anilines is 1. The first-order chi connectivity index (χ1) is 13.5. The Balaban J connectivity index is 1.76. The van der Waals surface area contributed by atoms with Crippen molar-refractivity contribution in [3.05, 3.63) is 76.6 Å². The SMILES string of the molecule is COc1ccccc1NC(=O)[C@@H](C)Sc1ccc(=O)n(-c2ccc(C)cc2)n1. The Morgan fingerprint density at radius 1 is 1.11 bits per heavy atom. The summed E-state index contributed by atoms with van der Waals surface area (Å²) in [6, 6.07) is 17.9. The number of para-hydroxylation sites is 2. The molecule has 0 aliphatic rings. The largest absolute Gasteiger partial charge is 0.495 e. The summed E-state index contributed by atoms with van der Waals surface area (Å²) in [5.74, 6) is 0.420. The quantitative estimate of drug-likeness (QED) is 0.645. The van der Waals surface area contributed by atoms with Crippen molar-refractivity contribution in [1.29, 1.82) is 0 Å². The van der Waals surface area contributed by atoms with Gasteiger partial charge in [0.15, 0.2) is 0 Å². The average molecular weight is 395 g/mol. The van der Waals surface area contributed by atoms with Gasteiger partial charge in [-0.05, 0) is 44.2 Å². The fourth-order valence-corrected chi connectivity index (χ4v) is 3.35. The molecular formula is C21H21N3O3S. The molecule has 6 nitrogen and oxygen atoms in total. The number of hydrogen-bond donors (Lipinski definition) is 1. The highest BCUT2D eigenvalue weighted by atomic mass is 32.2. The Hall–Kier alpha value is -3.06. The number of aromatic nitrogens is 2. The highest BCUT2D eigenvalue weighted by molar-refractivity contribution is 8.00. The standard InChI is InChI=1S/C21H21N3O3S/c1-14-8-10-16(11-9-14)24-20(25)13-12-19(23-24)28-15(2)21(26)22-17-6-4-5-7-18(17)27-3/h4-13,15H,1-3H3,(H,22,26)/t15-/m1/s1. The van der Waals surface area contributed by atoms with Gasteiger partial charge >= 0.3 is 0 Å². The number of benzene rings is 2. The van der Waals surface area contributed by atoms with Crippen LogP contribution in [0.25, 0.3) is 5.69 Å². The molecule has 1 aromatic heterocycles.